The molecule has 0 spiro atoms. The maximum Gasteiger partial charge on any atom is 0.241 e. The van der Waals surface area contributed by atoms with Crippen LogP contribution in [-0.2, 0) is 10.0 Å². The molecule has 1 aromatic carbocycles. The molecular weight excluding hydrogens is 279 g/mol. The van der Waals surface area contributed by atoms with Crippen LogP contribution in [0.1, 0.15) is 0 Å². The van der Waals surface area contributed by atoms with Gasteiger partial charge in [0.2, 0.25) is 10.0 Å². The molecule has 0 unspecified atom stereocenters. The van der Waals surface area contributed by atoms with Crippen molar-refractivity contribution in [2.45, 2.75) is 10.4 Å². The van der Waals surface area contributed by atoms with Crippen LogP contribution in [0.5, 0.6) is 0 Å². The Labute approximate surface area is 109 Å². The maximum atomic E-state index is 13.2. The third kappa shape index (κ3) is 3.39. The van der Waals surface area contributed by atoms with Crippen molar-refractivity contribution in [2.24, 2.45) is 0 Å². The summed E-state index contributed by atoms with van der Waals surface area (Å²) in [6.07, 6.45) is 0. The molecule has 0 amide bonds. The monoisotopic (exact) mass is 294 g/mol. The zero-order valence-corrected chi connectivity index (χ0v) is 10.7. The summed E-state index contributed by atoms with van der Waals surface area (Å²) in [4.78, 5) is -0.432. The number of benzene rings is 1. The Morgan fingerprint density at radius 3 is 2.16 bits per heavy atom. The third-order valence-electron chi connectivity index (χ3n) is 2.54. The van der Waals surface area contributed by atoms with Gasteiger partial charge in [-0.05, 0) is 18.2 Å². The van der Waals surface area contributed by atoms with Gasteiger partial charge in [-0.3, -0.25) is 0 Å². The van der Waals surface area contributed by atoms with E-state index in [0.29, 0.717) is 6.07 Å². The first kappa shape index (κ1) is 15.8. The molecule has 0 aliphatic rings. The molecular formula is C10H15FN2O5S. The highest BCUT2D eigenvalue weighted by molar-refractivity contribution is 7.89. The summed E-state index contributed by atoms with van der Waals surface area (Å²) in [5.74, 6) is -0.912. The van der Waals surface area contributed by atoms with Crippen LogP contribution in [0.4, 0.5) is 10.1 Å². The van der Waals surface area contributed by atoms with Gasteiger partial charge in [-0.1, -0.05) is 0 Å². The topological polar surface area (TPSA) is 133 Å². The lowest BCUT2D eigenvalue weighted by Crippen LogP contribution is -2.56. The zero-order chi connectivity index (χ0) is 14.7. The number of nitrogens with one attached hydrogen (secondary N) is 1. The summed E-state index contributed by atoms with van der Waals surface area (Å²) in [6.45, 7) is -2.47. The lowest BCUT2D eigenvalue weighted by molar-refractivity contribution is 0.0582. The summed E-state index contributed by atoms with van der Waals surface area (Å²) >= 11 is 0. The number of aliphatic hydroxyl groups is 3. The van der Waals surface area contributed by atoms with Gasteiger partial charge in [0.05, 0.1) is 30.4 Å². The quantitative estimate of drug-likeness (QED) is 0.401. The molecule has 0 radical (unpaired) electrons. The van der Waals surface area contributed by atoms with Gasteiger partial charge in [-0.2, -0.15) is 4.72 Å². The van der Waals surface area contributed by atoms with E-state index in [1.807, 2.05) is 4.72 Å². The van der Waals surface area contributed by atoms with Gasteiger partial charge in [0.1, 0.15) is 11.4 Å². The third-order valence-corrected chi connectivity index (χ3v) is 4.12. The molecule has 1 rings (SSSR count). The molecule has 0 saturated heterocycles. The molecule has 19 heavy (non-hydrogen) atoms. The zero-order valence-electron chi connectivity index (χ0n) is 9.88. The lowest BCUT2D eigenvalue weighted by Gasteiger charge is -2.28. The van der Waals surface area contributed by atoms with E-state index in [1.165, 1.54) is 0 Å². The molecule has 0 saturated carbocycles. The first-order chi connectivity index (χ1) is 8.80. The minimum atomic E-state index is -4.22. The van der Waals surface area contributed by atoms with Crippen LogP contribution in [0.3, 0.4) is 0 Å². The first-order valence-electron chi connectivity index (χ1n) is 5.22. The number of nitrogen functional groups attached to an aromatic ring is 1. The highest BCUT2D eigenvalue weighted by Crippen LogP contribution is 2.18. The van der Waals surface area contributed by atoms with Gasteiger partial charge in [-0.25, -0.2) is 12.8 Å². The fraction of sp³-hybridized carbons (Fsp3) is 0.400. The minimum absolute atomic E-state index is 0.211. The SMILES string of the molecule is Nc1ccc(S(=O)(=O)NC(CO)(CO)CO)cc1F. The van der Waals surface area contributed by atoms with Crippen molar-refractivity contribution < 1.29 is 28.1 Å². The maximum absolute atomic E-state index is 13.2. The van der Waals surface area contributed by atoms with E-state index in [-0.39, 0.29) is 5.69 Å². The lowest BCUT2D eigenvalue weighted by atomic mass is 10.1. The number of sulfonamides is 1. The number of hydrogen-bond donors (Lipinski definition) is 5. The molecule has 0 atom stereocenters. The van der Waals surface area contributed by atoms with Gasteiger partial charge >= 0.3 is 0 Å². The fourth-order valence-corrected chi connectivity index (χ4v) is 2.65. The van der Waals surface area contributed by atoms with E-state index in [1.54, 1.807) is 0 Å². The fourth-order valence-electron chi connectivity index (χ4n) is 1.27. The highest BCUT2D eigenvalue weighted by atomic mass is 32.2. The van der Waals surface area contributed by atoms with Crippen LogP contribution in [0.2, 0.25) is 0 Å². The van der Waals surface area contributed by atoms with Crippen molar-refractivity contribution in [3.05, 3.63) is 24.0 Å². The number of anilines is 1. The molecule has 0 heterocycles. The highest BCUT2D eigenvalue weighted by Gasteiger charge is 2.34. The van der Waals surface area contributed by atoms with Crippen molar-refractivity contribution in [3.8, 4) is 0 Å². The van der Waals surface area contributed by atoms with Crippen LogP contribution in [-0.4, -0.2) is 49.1 Å². The number of rotatable bonds is 6. The van der Waals surface area contributed by atoms with E-state index in [2.05, 4.69) is 0 Å². The van der Waals surface area contributed by atoms with E-state index in [4.69, 9.17) is 21.1 Å². The van der Waals surface area contributed by atoms with Gasteiger partial charge < -0.3 is 21.1 Å². The number of aliphatic hydroxyl groups excluding tert-OH is 3. The Kier molecular flexibility index (Phi) is 4.82. The number of halogens is 1. The summed E-state index contributed by atoms with van der Waals surface area (Å²) in [5, 5.41) is 27.1. The smallest absolute Gasteiger partial charge is 0.241 e. The Morgan fingerprint density at radius 2 is 1.74 bits per heavy atom. The molecule has 0 aliphatic carbocycles. The second-order valence-corrected chi connectivity index (χ2v) is 5.73. The van der Waals surface area contributed by atoms with Crippen LogP contribution >= 0.6 is 0 Å². The van der Waals surface area contributed by atoms with Crippen LogP contribution < -0.4 is 10.5 Å². The van der Waals surface area contributed by atoms with Gasteiger partial charge in [0, 0.05) is 0 Å². The molecule has 108 valence electrons. The van der Waals surface area contributed by atoms with Crippen LogP contribution in [0.25, 0.3) is 0 Å². The largest absolute Gasteiger partial charge is 0.396 e. The average molecular weight is 294 g/mol. The first-order valence-corrected chi connectivity index (χ1v) is 6.70. The molecule has 0 bridgehead atoms. The Balaban J connectivity index is 3.14. The Bertz CT molecular complexity index is 537. The minimum Gasteiger partial charge on any atom is -0.396 e. The normalized spacial score (nSPS) is 12.6. The van der Waals surface area contributed by atoms with Gasteiger partial charge in [0.25, 0.3) is 0 Å². The standard InChI is InChI=1S/C10H15FN2O5S/c11-8-3-7(1-2-9(8)12)19(17,18)13-10(4-14,5-15)6-16/h1-3,13-16H,4-6,12H2. The second-order valence-electron chi connectivity index (χ2n) is 4.04. The van der Waals surface area contributed by atoms with Crippen LogP contribution in [0, 0.1) is 5.82 Å². The van der Waals surface area contributed by atoms with E-state index in [9.17, 15) is 12.8 Å². The van der Waals surface area contributed by atoms with Crippen molar-refractivity contribution in [1.29, 1.82) is 0 Å². The van der Waals surface area contributed by atoms with Crippen molar-refractivity contribution in [2.75, 3.05) is 25.6 Å². The van der Waals surface area contributed by atoms with E-state index in [0.717, 1.165) is 12.1 Å². The summed E-state index contributed by atoms with van der Waals surface area (Å²) in [7, 11) is -4.22. The second kappa shape index (κ2) is 5.80. The number of nitrogens with two attached hydrogens (primary N) is 1. The Hall–Kier alpha value is -1.26. The van der Waals surface area contributed by atoms with Crippen molar-refractivity contribution in [1.82, 2.24) is 4.72 Å². The molecule has 0 aromatic heterocycles. The average Bonchev–Trinajstić information content (AvgIpc) is 2.39. The van der Waals surface area contributed by atoms with E-state index >= 15 is 0 Å². The predicted octanol–water partition coefficient (Wildman–Crippen LogP) is -1.60. The molecule has 1 aromatic rings. The summed E-state index contributed by atoms with van der Waals surface area (Å²) < 4.78 is 39.0. The molecule has 0 fully saturated rings. The van der Waals surface area contributed by atoms with Crippen molar-refractivity contribution in [3.63, 3.8) is 0 Å². The molecule has 9 heteroatoms. The molecule has 7 nitrogen and oxygen atoms in total. The van der Waals surface area contributed by atoms with E-state index < -0.39 is 46.1 Å². The van der Waals surface area contributed by atoms with Gasteiger partial charge in [0.15, 0.2) is 0 Å². The van der Waals surface area contributed by atoms with Gasteiger partial charge in [-0.15, -0.1) is 0 Å². The van der Waals surface area contributed by atoms with Crippen molar-refractivity contribution >= 4 is 15.7 Å². The predicted molar refractivity (Wildman–Crippen MR) is 65.1 cm³/mol. The molecule has 0 aliphatic heterocycles. The van der Waals surface area contributed by atoms with Crippen LogP contribution in [0.15, 0.2) is 23.1 Å². The summed E-state index contributed by atoms with van der Waals surface area (Å²) in [5.41, 5.74) is 3.19. The number of hydrogen-bond acceptors (Lipinski definition) is 6. The molecule has 6 N–H and O–H groups in total. The Morgan fingerprint density at radius 1 is 1.21 bits per heavy atom. The summed E-state index contributed by atoms with van der Waals surface area (Å²) in [6, 6.07) is 2.84.